The first-order valence-corrected chi connectivity index (χ1v) is 5.47. The SMILES string of the molecule is CCNC(=O)CC(C#N)c1ccc(Cl)cc1. The van der Waals surface area contributed by atoms with Crippen molar-refractivity contribution in [1.82, 2.24) is 5.32 Å². The molecule has 0 aromatic heterocycles. The van der Waals surface area contributed by atoms with Crippen LogP contribution in [0, 0.1) is 11.3 Å². The summed E-state index contributed by atoms with van der Waals surface area (Å²) in [5.41, 5.74) is 0.818. The molecular weight excluding hydrogens is 224 g/mol. The minimum atomic E-state index is -0.413. The van der Waals surface area contributed by atoms with Gasteiger partial charge in [0, 0.05) is 18.0 Å². The van der Waals surface area contributed by atoms with Crippen LogP contribution in [0.1, 0.15) is 24.8 Å². The third kappa shape index (κ3) is 3.56. The summed E-state index contributed by atoms with van der Waals surface area (Å²) in [6.07, 6.45) is 0.186. The van der Waals surface area contributed by atoms with E-state index in [1.807, 2.05) is 6.92 Å². The van der Waals surface area contributed by atoms with Crippen LogP contribution in [0.2, 0.25) is 5.02 Å². The highest BCUT2D eigenvalue weighted by Crippen LogP contribution is 2.20. The predicted octanol–water partition coefficient (Wildman–Crippen LogP) is 2.47. The van der Waals surface area contributed by atoms with Crippen LogP contribution in [0.15, 0.2) is 24.3 Å². The van der Waals surface area contributed by atoms with E-state index in [-0.39, 0.29) is 12.3 Å². The molecule has 16 heavy (non-hydrogen) atoms. The third-order valence-corrected chi connectivity index (χ3v) is 2.44. The van der Waals surface area contributed by atoms with E-state index in [4.69, 9.17) is 16.9 Å². The Balaban J connectivity index is 2.72. The zero-order valence-electron chi connectivity index (χ0n) is 9.03. The highest BCUT2D eigenvalue weighted by molar-refractivity contribution is 6.30. The van der Waals surface area contributed by atoms with E-state index in [9.17, 15) is 4.79 Å². The smallest absolute Gasteiger partial charge is 0.221 e. The van der Waals surface area contributed by atoms with E-state index in [2.05, 4.69) is 11.4 Å². The maximum atomic E-state index is 11.4. The molecule has 1 N–H and O–H groups in total. The maximum Gasteiger partial charge on any atom is 0.221 e. The minimum Gasteiger partial charge on any atom is -0.356 e. The zero-order chi connectivity index (χ0) is 12.0. The lowest BCUT2D eigenvalue weighted by molar-refractivity contribution is -0.121. The molecule has 0 fully saturated rings. The monoisotopic (exact) mass is 236 g/mol. The topological polar surface area (TPSA) is 52.9 Å². The molecule has 1 aromatic rings. The third-order valence-electron chi connectivity index (χ3n) is 2.19. The van der Waals surface area contributed by atoms with Crippen molar-refractivity contribution in [3.05, 3.63) is 34.9 Å². The van der Waals surface area contributed by atoms with Crippen LogP contribution in [-0.4, -0.2) is 12.5 Å². The second-order valence-electron chi connectivity index (χ2n) is 3.39. The van der Waals surface area contributed by atoms with E-state index in [0.29, 0.717) is 11.6 Å². The van der Waals surface area contributed by atoms with Crippen LogP contribution >= 0.6 is 11.6 Å². The Kier molecular flexibility index (Phi) is 4.81. The van der Waals surface area contributed by atoms with Crippen molar-refractivity contribution in [3.63, 3.8) is 0 Å². The maximum absolute atomic E-state index is 11.4. The van der Waals surface area contributed by atoms with E-state index in [1.54, 1.807) is 24.3 Å². The van der Waals surface area contributed by atoms with E-state index >= 15 is 0 Å². The van der Waals surface area contributed by atoms with Gasteiger partial charge >= 0.3 is 0 Å². The van der Waals surface area contributed by atoms with Crippen molar-refractivity contribution < 1.29 is 4.79 Å². The number of nitrogens with zero attached hydrogens (tertiary/aromatic N) is 1. The Morgan fingerprint density at radius 3 is 2.62 bits per heavy atom. The van der Waals surface area contributed by atoms with Crippen molar-refractivity contribution in [3.8, 4) is 6.07 Å². The molecule has 0 bridgehead atoms. The molecule has 0 aliphatic heterocycles. The minimum absolute atomic E-state index is 0.107. The molecule has 0 heterocycles. The highest BCUT2D eigenvalue weighted by atomic mass is 35.5. The predicted molar refractivity (Wildman–Crippen MR) is 63.1 cm³/mol. The fourth-order valence-corrected chi connectivity index (χ4v) is 1.51. The molecule has 3 nitrogen and oxygen atoms in total. The van der Waals surface area contributed by atoms with Crippen molar-refractivity contribution in [2.75, 3.05) is 6.54 Å². The summed E-state index contributed by atoms with van der Waals surface area (Å²) in [5.74, 6) is -0.521. The number of hydrogen-bond acceptors (Lipinski definition) is 2. The first kappa shape index (κ1) is 12.5. The average molecular weight is 237 g/mol. The summed E-state index contributed by atoms with van der Waals surface area (Å²) in [6.45, 7) is 2.43. The molecule has 1 unspecified atom stereocenters. The van der Waals surface area contributed by atoms with Gasteiger partial charge < -0.3 is 5.32 Å². The molecule has 1 aromatic carbocycles. The molecule has 84 valence electrons. The van der Waals surface area contributed by atoms with Crippen molar-refractivity contribution in [2.45, 2.75) is 19.3 Å². The number of hydrogen-bond donors (Lipinski definition) is 1. The fraction of sp³-hybridized carbons (Fsp3) is 0.333. The van der Waals surface area contributed by atoms with Crippen molar-refractivity contribution in [1.29, 1.82) is 5.26 Å². The summed E-state index contributed by atoms with van der Waals surface area (Å²) < 4.78 is 0. The molecule has 1 amide bonds. The van der Waals surface area contributed by atoms with Gasteiger partial charge in [-0.25, -0.2) is 0 Å². The quantitative estimate of drug-likeness (QED) is 0.873. The number of nitriles is 1. The van der Waals surface area contributed by atoms with E-state index in [0.717, 1.165) is 5.56 Å². The molecular formula is C12H13ClN2O. The number of carbonyl (C=O) groups is 1. The largest absolute Gasteiger partial charge is 0.356 e. The Morgan fingerprint density at radius 1 is 1.50 bits per heavy atom. The normalized spacial score (nSPS) is 11.6. The van der Waals surface area contributed by atoms with Crippen LogP contribution in [-0.2, 0) is 4.79 Å². The molecule has 0 aliphatic rings. The second kappa shape index (κ2) is 6.14. The van der Waals surface area contributed by atoms with Gasteiger partial charge in [0.25, 0.3) is 0 Å². The van der Waals surface area contributed by atoms with Gasteiger partial charge in [-0.15, -0.1) is 0 Å². The average Bonchev–Trinajstić information content (AvgIpc) is 2.27. The van der Waals surface area contributed by atoms with Crippen molar-refractivity contribution in [2.24, 2.45) is 0 Å². The lowest BCUT2D eigenvalue weighted by atomic mass is 9.97. The van der Waals surface area contributed by atoms with Gasteiger partial charge in [0.2, 0.25) is 5.91 Å². The molecule has 0 spiro atoms. The lowest BCUT2D eigenvalue weighted by Gasteiger charge is -2.09. The van der Waals surface area contributed by atoms with Gasteiger partial charge in [-0.2, -0.15) is 5.26 Å². The summed E-state index contributed by atoms with van der Waals surface area (Å²) >= 11 is 5.75. The highest BCUT2D eigenvalue weighted by Gasteiger charge is 2.14. The number of nitrogens with one attached hydrogen (secondary N) is 1. The van der Waals surface area contributed by atoms with E-state index in [1.165, 1.54) is 0 Å². The van der Waals surface area contributed by atoms with E-state index < -0.39 is 5.92 Å². The van der Waals surface area contributed by atoms with Crippen LogP contribution in [0.5, 0.6) is 0 Å². The number of carbonyl (C=O) groups excluding carboxylic acids is 1. The summed E-state index contributed by atoms with van der Waals surface area (Å²) in [7, 11) is 0. The Hall–Kier alpha value is -1.53. The van der Waals surface area contributed by atoms with Gasteiger partial charge in [0.05, 0.1) is 12.0 Å². The first-order valence-electron chi connectivity index (χ1n) is 5.09. The number of halogens is 1. The van der Waals surface area contributed by atoms with Gasteiger partial charge in [-0.3, -0.25) is 4.79 Å². The summed E-state index contributed by atoms with van der Waals surface area (Å²) in [6, 6.07) is 9.11. The molecule has 0 aliphatic carbocycles. The Bertz CT molecular complexity index is 394. The number of rotatable bonds is 4. The molecule has 1 atom stereocenters. The lowest BCUT2D eigenvalue weighted by Crippen LogP contribution is -2.24. The second-order valence-corrected chi connectivity index (χ2v) is 3.83. The Morgan fingerprint density at radius 2 is 2.12 bits per heavy atom. The molecule has 0 radical (unpaired) electrons. The number of benzene rings is 1. The van der Waals surface area contributed by atoms with Crippen LogP contribution in [0.25, 0.3) is 0 Å². The summed E-state index contributed by atoms with van der Waals surface area (Å²) in [5, 5.41) is 12.3. The fourth-order valence-electron chi connectivity index (χ4n) is 1.39. The summed E-state index contributed by atoms with van der Waals surface area (Å²) in [4.78, 5) is 11.4. The van der Waals surface area contributed by atoms with Gasteiger partial charge in [0.15, 0.2) is 0 Å². The standard InChI is InChI=1S/C12H13ClN2O/c1-2-15-12(16)7-10(8-14)9-3-5-11(13)6-4-9/h3-6,10H,2,7H2,1H3,(H,15,16). The molecule has 0 saturated carbocycles. The first-order chi connectivity index (χ1) is 7.67. The molecule has 4 heteroatoms. The van der Waals surface area contributed by atoms with Gasteiger partial charge in [-0.05, 0) is 24.6 Å². The number of amides is 1. The van der Waals surface area contributed by atoms with Gasteiger partial charge in [0.1, 0.15) is 0 Å². The van der Waals surface area contributed by atoms with Crippen LogP contribution < -0.4 is 5.32 Å². The van der Waals surface area contributed by atoms with Crippen LogP contribution in [0.4, 0.5) is 0 Å². The Labute approximate surface area is 100 Å². The molecule has 0 saturated heterocycles. The van der Waals surface area contributed by atoms with Crippen molar-refractivity contribution >= 4 is 17.5 Å². The van der Waals surface area contributed by atoms with Gasteiger partial charge in [-0.1, -0.05) is 23.7 Å². The molecule has 1 rings (SSSR count). The zero-order valence-corrected chi connectivity index (χ0v) is 9.79. The van der Waals surface area contributed by atoms with Crippen LogP contribution in [0.3, 0.4) is 0 Å².